The van der Waals surface area contributed by atoms with Crippen LogP contribution in [0.3, 0.4) is 0 Å². The Morgan fingerprint density at radius 1 is 0.660 bits per heavy atom. The number of nitrogens with zero attached hydrogens (tertiary/aromatic N) is 1. The minimum Gasteiger partial charge on any atom is -0.507 e. The maximum Gasteiger partial charge on any atom is 0.128 e. The zero-order valence-corrected chi connectivity index (χ0v) is 35.6. The average molecular weight is 718 g/mol. The Morgan fingerprint density at radius 2 is 1.17 bits per heavy atom. The number of benzene rings is 4. The van der Waals surface area contributed by atoms with Crippen molar-refractivity contribution in [2.24, 2.45) is 4.99 Å². The molecule has 0 aromatic heterocycles. The summed E-state index contributed by atoms with van der Waals surface area (Å²) in [6.07, 6.45) is 1.82. The Balaban J connectivity index is 1.95. The molecule has 0 saturated heterocycles. The molecule has 2 unspecified atom stereocenters. The Bertz CT molecular complexity index is 1960. The largest absolute Gasteiger partial charge is 0.507 e. The standard InChI is InChI=1S/C48H67N3O2/c1-17-49-31(4)42(35-25-34(46(8,9)10)27-37(44(35)53)48(14,15)16)51-39-23-19-21-30(3)41(39)40-29(2)20-18-22-38(40)50-28-32-24-33(45(5,6)7)26-36(43(32)52)47(11,12)13/h18-28,31,42,49,51-53H,17H2,1-16H3. The molecular weight excluding hydrogens is 651 g/mol. The van der Waals surface area contributed by atoms with E-state index in [0.717, 1.165) is 62.4 Å². The summed E-state index contributed by atoms with van der Waals surface area (Å²) >= 11 is 0. The SMILES string of the molecule is CCNC(C)C(Nc1cccc(C)c1-c1c(C)cccc1N=Cc1cc(C(C)(C)C)cc(C(C)(C)C)c1O)c1cc(C(C)(C)C)cc(C(C)(C)C)c1O. The third kappa shape index (κ3) is 9.35. The normalized spacial score (nSPS) is 14.1. The van der Waals surface area contributed by atoms with Crippen LogP contribution in [0.2, 0.25) is 0 Å². The lowest BCUT2D eigenvalue weighted by Crippen LogP contribution is -2.36. The molecule has 2 atom stereocenters. The molecule has 0 aliphatic heterocycles. The molecule has 0 spiro atoms. The number of phenols is 2. The first-order chi connectivity index (χ1) is 24.4. The van der Waals surface area contributed by atoms with Gasteiger partial charge in [-0.3, -0.25) is 4.99 Å². The van der Waals surface area contributed by atoms with Crippen molar-refractivity contribution in [3.63, 3.8) is 0 Å². The molecule has 0 aliphatic carbocycles. The van der Waals surface area contributed by atoms with Gasteiger partial charge in [0.2, 0.25) is 0 Å². The summed E-state index contributed by atoms with van der Waals surface area (Å²) in [6.45, 7) is 35.6. The van der Waals surface area contributed by atoms with Crippen molar-refractivity contribution in [3.05, 3.63) is 105 Å². The quantitative estimate of drug-likeness (QED) is 0.130. The van der Waals surface area contributed by atoms with Crippen molar-refractivity contribution < 1.29 is 10.2 Å². The van der Waals surface area contributed by atoms with Gasteiger partial charge in [-0.15, -0.1) is 0 Å². The molecule has 0 radical (unpaired) electrons. The second-order valence-electron chi connectivity index (χ2n) is 19.1. The number of aromatic hydroxyl groups is 2. The van der Waals surface area contributed by atoms with Gasteiger partial charge in [-0.2, -0.15) is 0 Å². The maximum atomic E-state index is 12.0. The van der Waals surface area contributed by atoms with Gasteiger partial charge in [0.05, 0.1) is 11.7 Å². The van der Waals surface area contributed by atoms with Crippen molar-refractivity contribution in [1.29, 1.82) is 0 Å². The fraction of sp³-hybridized carbons (Fsp3) is 0.479. The van der Waals surface area contributed by atoms with Crippen LogP contribution in [-0.4, -0.2) is 29.0 Å². The fourth-order valence-corrected chi connectivity index (χ4v) is 7.08. The van der Waals surface area contributed by atoms with Crippen LogP contribution < -0.4 is 10.6 Å². The molecule has 0 fully saturated rings. The molecule has 53 heavy (non-hydrogen) atoms. The van der Waals surface area contributed by atoms with Crippen LogP contribution in [0.5, 0.6) is 11.5 Å². The van der Waals surface area contributed by atoms with Crippen molar-refractivity contribution in [1.82, 2.24) is 5.32 Å². The highest BCUT2D eigenvalue weighted by Gasteiger charge is 2.31. The molecule has 5 heteroatoms. The molecule has 0 aliphatic rings. The number of nitrogens with one attached hydrogen (secondary N) is 2. The predicted octanol–water partition coefficient (Wildman–Crippen LogP) is 12.5. The van der Waals surface area contributed by atoms with Crippen LogP contribution in [-0.2, 0) is 21.7 Å². The number of phenolic OH excluding ortho intramolecular Hbond substituents is 2. The lowest BCUT2D eigenvalue weighted by molar-refractivity contribution is 0.421. The first-order valence-electron chi connectivity index (χ1n) is 19.4. The van der Waals surface area contributed by atoms with Gasteiger partial charge in [-0.25, -0.2) is 0 Å². The minimum atomic E-state index is -0.247. The number of aryl methyl sites for hydroxylation is 2. The molecule has 4 N–H and O–H groups in total. The Kier molecular flexibility index (Phi) is 12.1. The van der Waals surface area contributed by atoms with Gasteiger partial charge < -0.3 is 20.8 Å². The van der Waals surface area contributed by atoms with Crippen LogP contribution in [0.15, 0.2) is 65.7 Å². The number of rotatable bonds is 9. The van der Waals surface area contributed by atoms with Gasteiger partial charge in [-0.1, -0.05) is 126 Å². The number of hydrogen-bond donors (Lipinski definition) is 4. The molecule has 0 amide bonds. The predicted molar refractivity (Wildman–Crippen MR) is 229 cm³/mol. The van der Waals surface area contributed by atoms with E-state index in [2.05, 4.69) is 176 Å². The lowest BCUT2D eigenvalue weighted by atomic mass is 9.77. The van der Waals surface area contributed by atoms with Crippen molar-refractivity contribution >= 4 is 17.6 Å². The number of hydrogen-bond acceptors (Lipinski definition) is 5. The third-order valence-electron chi connectivity index (χ3n) is 10.4. The highest BCUT2D eigenvalue weighted by molar-refractivity contribution is 5.93. The maximum absolute atomic E-state index is 12.0. The minimum absolute atomic E-state index is 0.00765. The molecule has 0 saturated carbocycles. The molecule has 286 valence electrons. The Hall–Kier alpha value is -4.09. The van der Waals surface area contributed by atoms with E-state index in [4.69, 9.17) is 4.99 Å². The summed E-state index contributed by atoms with van der Waals surface area (Å²) in [4.78, 5) is 5.13. The topological polar surface area (TPSA) is 76.9 Å². The summed E-state index contributed by atoms with van der Waals surface area (Å²) in [5.41, 5.74) is 11.2. The average Bonchev–Trinajstić information content (AvgIpc) is 3.02. The van der Waals surface area contributed by atoms with Gasteiger partial charge in [0.1, 0.15) is 11.5 Å². The summed E-state index contributed by atoms with van der Waals surface area (Å²) in [5.74, 6) is 0.615. The van der Waals surface area contributed by atoms with Gasteiger partial charge in [-0.05, 0) is 101 Å². The van der Waals surface area contributed by atoms with Crippen LogP contribution in [0.1, 0.15) is 147 Å². The van der Waals surface area contributed by atoms with Crippen molar-refractivity contribution in [3.8, 4) is 22.6 Å². The highest BCUT2D eigenvalue weighted by atomic mass is 16.3. The highest BCUT2D eigenvalue weighted by Crippen LogP contribution is 2.45. The Morgan fingerprint density at radius 3 is 1.70 bits per heavy atom. The number of likely N-dealkylation sites (N-methyl/N-ethyl adjacent to an activating group) is 1. The van der Waals surface area contributed by atoms with Gasteiger partial charge in [0, 0.05) is 45.8 Å². The van der Waals surface area contributed by atoms with Gasteiger partial charge >= 0.3 is 0 Å². The second kappa shape index (κ2) is 15.3. The molecule has 0 heterocycles. The summed E-state index contributed by atoms with van der Waals surface area (Å²) in [7, 11) is 0. The van der Waals surface area contributed by atoms with Crippen LogP contribution in [0, 0.1) is 13.8 Å². The van der Waals surface area contributed by atoms with Crippen LogP contribution in [0.4, 0.5) is 11.4 Å². The Labute approximate surface area is 321 Å². The summed E-state index contributed by atoms with van der Waals surface area (Å²) < 4.78 is 0. The molecular formula is C48H67N3O2. The van der Waals surface area contributed by atoms with E-state index in [-0.39, 0.29) is 39.5 Å². The van der Waals surface area contributed by atoms with E-state index in [0.29, 0.717) is 11.3 Å². The summed E-state index contributed by atoms with van der Waals surface area (Å²) in [6, 6.07) is 20.9. The monoisotopic (exact) mass is 718 g/mol. The van der Waals surface area contributed by atoms with Gasteiger partial charge in [0.15, 0.2) is 0 Å². The smallest absolute Gasteiger partial charge is 0.128 e. The number of aliphatic imine (C=N–C) groups is 1. The fourth-order valence-electron chi connectivity index (χ4n) is 7.08. The first kappa shape index (κ1) is 41.7. The van der Waals surface area contributed by atoms with E-state index >= 15 is 0 Å². The van der Waals surface area contributed by atoms with E-state index in [9.17, 15) is 10.2 Å². The van der Waals surface area contributed by atoms with E-state index in [1.54, 1.807) is 0 Å². The van der Waals surface area contributed by atoms with Crippen LogP contribution in [0.25, 0.3) is 11.1 Å². The van der Waals surface area contributed by atoms with Crippen molar-refractivity contribution in [2.75, 3.05) is 11.9 Å². The molecule has 4 aromatic rings. The lowest BCUT2D eigenvalue weighted by Gasteiger charge is -2.33. The van der Waals surface area contributed by atoms with E-state index in [1.165, 1.54) is 5.56 Å². The molecule has 5 nitrogen and oxygen atoms in total. The van der Waals surface area contributed by atoms with E-state index in [1.807, 2.05) is 12.3 Å². The zero-order valence-electron chi connectivity index (χ0n) is 35.6. The van der Waals surface area contributed by atoms with E-state index < -0.39 is 0 Å². The third-order valence-corrected chi connectivity index (χ3v) is 10.4. The molecule has 4 rings (SSSR count). The molecule has 4 aromatic carbocycles. The first-order valence-corrected chi connectivity index (χ1v) is 19.4. The van der Waals surface area contributed by atoms with Crippen molar-refractivity contribution in [2.45, 2.75) is 145 Å². The van der Waals surface area contributed by atoms with Gasteiger partial charge in [0.25, 0.3) is 0 Å². The molecule has 0 bridgehead atoms. The van der Waals surface area contributed by atoms with Crippen LogP contribution >= 0.6 is 0 Å². The second-order valence-corrected chi connectivity index (χ2v) is 19.1. The summed E-state index contributed by atoms with van der Waals surface area (Å²) in [5, 5.41) is 31.2. The zero-order chi connectivity index (χ0) is 39.8. The number of anilines is 1.